The van der Waals surface area contributed by atoms with E-state index in [1.165, 1.54) is 5.56 Å². The minimum absolute atomic E-state index is 0.208. The van der Waals surface area contributed by atoms with Crippen LogP contribution in [0.1, 0.15) is 38.8 Å². The first-order valence-electron chi connectivity index (χ1n) is 5.12. The minimum Gasteiger partial charge on any atom is -0.483 e. The van der Waals surface area contributed by atoms with Crippen molar-refractivity contribution in [2.45, 2.75) is 39.7 Å². The SMILES string of the molecule is CC(=S)OCc1ccc(C(C)(C)C)cc1. The van der Waals surface area contributed by atoms with E-state index >= 15 is 0 Å². The smallest absolute Gasteiger partial charge is 0.157 e. The van der Waals surface area contributed by atoms with Gasteiger partial charge in [-0.1, -0.05) is 45.0 Å². The van der Waals surface area contributed by atoms with Crippen LogP contribution in [0.2, 0.25) is 0 Å². The second-order valence-corrected chi connectivity index (χ2v) is 5.30. The molecule has 0 heterocycles. The Labute approximate surface area is 97.5 Å². The Bertz CT molecular complexity index is 333. The quantitative estimate of drug-likeness (QED) is 0.703. The zero-order valence-corrected chi connectivity index (χ0v) is 10.6. The lowest BCUT2D eigenvalue weighted by Crippen LogP contribution is -2.10. The molecule has 0 radical (unpaired) electrons. The third kappa shape index (κ3) is 4.00. The van der Waals surface area contributed by atoms with Crippen molar-refractivity contribution in [1.29, 1.82) is 0 Å². The number of ether oxygens (including phenoxy) is 1. The molecule has 1 rings (SSSR count). The highest BCUT2D eigenvalue weighted by atomic mass is 32.1. The van der Waals surface area contributed by atoms with Crippen LogP contribution in [-0.4, -0.2) is 5.05 Å². The molecule has 0 spiro atoms. The average Bonchev–Trinajstić information content (AvgIpc) is 2.14. The molecule has 15 heavy (non-hydrogen) atoms. The van der Waals surface area contributed by atoms with E-state index in [0.717, 1.165) is 5.56 Å². The summed E-state index contributed by atoms with van der Waals surface area (Å²) in [4.78, 5) is 0. The Morgan fingerprint density at radius 3 is 2.13 bits per heavy atom. The van der Waals surface area contributed by atoms with Gasteiger partial charge in [-0.2, -0.15) is 0 Å². The first kappa shape index (κ1) is 12.2. The van der Waals surface area contributed by atoms with Crippen LogP contribution in [0.4, 0.5) is 0 Å². The summed E-state index contributed by atoms with van der Waals surface area (Å²) in [5, 5.41) is 0.592. The fraction of sp³-hybridized carbons (Fsp3) is 0.462. The van der Waals surface area contributed by atoms with Crippen LogP contribution in [-0.2, 0) is 16.8 Å². The van der Waals surface area contributed by atoms with Gasteiger partial charge in [0.15, 0.2) is 5.05 Å². The molecule has 0 aromatic heterocycles. The molecule has 82 valence electrons. The lowest BCUT2D eigenvalue weighted by molar-refractivity contribution is 0.298. The van der Waals surface area contributed by atoms with Crippen molar-refractivity contribution < 1.29 is 4.74 Å². The predicted molar refractivity (Wildman–Crippen MR) is 68.2 cm³/mol. The van der Waals surface area contributed by atoms with Crippen molar-refractivity contribution >= 4 is 17.3 Å². The first-order chi connectivity index (χ1) is 6.89. The highest BCUT2D eigenvalue weighted by Gasteiger charge is 2.12. The van der Waals surface area contributed by atoms with Gasteiger partial charge in [-0.25, -0.2) is 0 Å². The normalized spacial score (nSPS) is 11.2. The number of hydrogen-bond acceptors (Lipinski definition) is 2. The van der Waals surface area contributed by atoms with Crippen molar-refractivity contribution in [3.8, 4) is 0 Å². The molecule has 0 aliphatic carbocycles. The molecule has 0 saturated carbocycles. The third-order valence-electron chi connectivity index (χ3n) is 2.26. The fourth-order valence-electron chi connectivity index (χ4n) is 1.29. The van der Waals surface area contributed by atoms with Crippen molar-refractivity contribution in [2.75, 3.05) is 0 Å². The maximum Gasteiger partial charge on any atom is 0.157 e. The van der Waals surface area contributed by atoms with Gasteiger partial charge in [0, 0.05) is 6.92 Å². The summed E-state index contributed by atoms with van der Waals surface area (Å²) in [5.74, 6) is 0. The molecular formula is C13H18OS. The van der Waals surface area contributed by atoms with E-state index in [2.05, 4.69) is 45.0 Å². The van der Waals surface area contributed by atoms with Crippen LogP contribution in [0.5, 0.6) is 0 Å². The molecule has 0 amide bonds. The Morgan fingerprint density at radius 2 is 1.73 bits per heavy atom. The van der Waals surface area contributed by atoms with E-state index in [1.54, 1.807) is 6.92 Å². The third-order valence-corrected chi connectivity index (χ3v) is 2.38. The standard InChI is InChI=1S/C13H18OS/c1-10(15)14-9-11-5-7-12(8-6-11)13(2,3)4/h5-8H,9H2,1-4H3. The maximum absolute atomic E-state index is 5.28. The molecule has 0 saturated heterocycles. The summed E-state index contributed by atoms with van der Waals surface area (Å²) < 4.78 is 5.28. The highest BCUT2D eigenvalue weighted by Crippen LogP contribution is 2.22. The summed E-state index contributed by atoms with van der Waals surface area (Å²) in [7, 11) is 0. The van der Waals surface area contributed by atoms with Crippen LogP contribution in [0.3, 0.4) is 0 Å². The van der Waals surface area contributed by atoms with Crippen LogP contribution in [0, 0.1) is 0 Å². The molecule has 0 fully saturated rings. The topological polar surface area (TPSA) is 9.23 Å². The summed E-state index contributed by atoms with van der Waals surface area (Å²) in [6.07, 6.45) is 0. The summed E-state index contributed by atoms with van der Waals surface area (Å²) >= 11 is 4.86. The Morgan fingerprint density at radius 1 is 1.20 bits per heavy atom. The lowest BCUT2D eigenvalue weighted by Gasteiger charge is -2.19. The summed E-state index contributed by atoms with van der Waals surface area (Å²) in [5.41, 5.74) is 2.71. The van der Waals surface area contributed by atoms with Gasteiger partial charge in [-0.05, 0) is 28.8 Å². The lowest BCUT2D eigenvalue weighted by atomic mass is 9.87. The number of rotatable bonds is 2. The van der Waals surface area contributed by atoms with E-state index in [1.807, 2.05) is 0 Å². The molecule has 0 bridgehead atoms. The van der Waals surface area contributed by atoms with Gasteiger partial charge in [-0.15, -0.1) is 0 Å². The largest absolute Gasteiger partial charge is 0.483 e. The van der Waals surface area contributed by atoms with Gasteiger partial charge in [0.05, 0.1) is 0 Å². The minimum atomic E-state index is 0.208. The van der Waals surface area contributed by atoms with Gasteiger partial charge in [0.25, 0.3) is 0 Å². The van der Waals surface area contributed by atoms with Crippen molar-refractivity contribution in [1.82, 2.24) is 0 Å². The molecule has 2 heteroatoms. The Kier molecular flexibility index (Phi) is 3.86. The second-order valence-electron chi connectivity index (χ2n) is 4.73. The molecule has 0 N–H and O–H groups in total. The molecule has 0 aliphatic heterocycles. The fourth-order valence-corrected chi connectivity index (χ4v) is 1.34. The van der Waals surface area contributed by atoms with E-state index in [4.69, 9.17) is 17.0 Å². The first-order valence-corrected chi connectivity index (χ1v) is 5.53. The monoisotopic (exact) mass is 222 g/mol. The van der Waals surface area contributed by atoms with E-state index in [-0.39, 0.29) is 5.41 Å². The molecule has 0 atom stereocenters. The van der Waals surface area contributed by atoms with E-state index in [0.29, 0.717) is 11.7 Å². The summed E-state index contributed by atoms with van der Waals surface area (Å²) in [6, 6.07) is 8.49. The Balaban J connectivity index is 2.69. The highest BCUT2D eigenvalue weighted by molar-refractivity contribution is 7.80. The van der Waals surface area contributed by atoms with Crippen molar-refractivity contribution in [3.63, 3.8) is 0 Å². The van der Waals surface area contributed by atoms with Crippen molar-refractivity contribution in [3.05, 3.63) is 35.4 Å². The second kappa shape index (κ2) is 4.75. The van der Waals surface area contributed by atoms with Crippen LogP contribution >= 0.6 is 12.2 Å². The van der Waals surface area contributed by atoms with E-state index in [9.17, 15) is 0 Å². The van der Waals surface area contributed by atoms with Crippen LogP contribution < -0.4 is 0 Å². The number of hydrogen-bond donors (Lipinski definition) is 0. The molecule has 0 aliphatic rings. The van der Waals surface area contributed by atoms with Crippen LogP contribution in [0.25, 0.3) is 0 Å². The number of thiocarbonyl (C=S) groups is 1. The van der Waals surface area contributed by atoms with Gasteiger partial charge in [0.1, 0.15) is 6.61 Å². The van der Waals surface area contributed by atoms with Gasteiger partial charge in [-0.3, -0.25) is 0 Å². The van der Waals surface area contributed by atoms with Gasteiger partial charge in [0.2, 0.25) is 0 Å². The molecule has 1 aromatic rings. The summed E-state index contributed by atoms with van der Waals surface area (Å²) in [6.45, 7) is 8.98. The van der Waals surface area contributed by atoms with Gasteiger partial charge < -0.3 is 4.74 Å². The molecular weight excluding hydrogens is 204 g/mol. The number of benzene rings is 1. The predicted octanol–water partition coefficient (Wildman–Crippen LogP) is 3.85. The molecule has 1 nitrogen and oxygen atoms in total. The van der Waals surface area contributed by atoms with E-state index < -0.39 is 0 Å². The average molecular weight is 222 g/mol. The Hall–Kier alpha value is -0.890. The zero-order chi connectivity index (χ0) is 11.5. The molecule has 0 unspecified atom stereocenters. The maximum atomic E-state index is 5.28. The van der Waals surface area contributed by atoms with Crippen molar-refractivity contribution in [2.24, 2.45) is 0 Å². The van der Waals surface area contributed by atoms with Crippen LogP contribution in [0.15, 0.2) is 24.3 Å². The van der Waals surface area contributed by atoms with Gasteiger partial charge >= 0.3 is 0 Å². The molecule has 1 aromatic carbocycles. The zero-order valence-electron chi connectivity index (χ0n) is 9.83.